The number of esters is 1. The first-order valence-electron chi connectivity index (χ1n) is 12.3. The molecule has 2 heterocycles. The molecule has 0 saturated heterocycles. The summed E-state index contributed by atoms with van der Waals surface area (Å²) in [6.45, 7) is 0. The molecule has 1 amide bonds. The molecular formula is C29H27ClN4O3. The molecule has 1 aliphatic rings. The maximum Gasteiger partial charge on any atom is 0.308 e. The summed E-state index contributed by atoms with van der Waals surface area (Å²) in [5.41, 5.74) is 3.98. The van der Waals surface area contributed by atoms with Crippen LogP contribution >= 0.6 is 11.6 Å². The Bertz CT molecular complexity index is 1420. The number of hydrogen-bond donors (Lipinski definition) is 1. The zero-order valence-electron chi connectivity index (χ0n) is 20.4. The Kier molecular flexibility index (Phi) is 7.42. The highest BCUT2D eigenvalue weighted by molar-refractivity contribution is 6.30. The van der Waals surface area contributed by atoms with Crippen LogP contribution in [0, 0.1) is 11.8 Å². The molecule has 1 saturated carbocycles. The smallest absolute Gasteiger partial charge is 0.308 e. The minimum Gasteiger partial charge on any atom is -0.469 e. The number of pyridine rings is 1. The number of nitrogens with zero attached hydrogens (tertiary/aromatic N) is 3. The number of amides is 1. The number of carbonyl (C=O) groups is 2. The van der Waals surface area contributed by atoms with Gasteiger partial charge in [0.2, 0.25) is 5.91 Å². The number of halogens is 1. The van der Waals surface area contributed by atoms with E-state index in [0.29, 0.717) is 31.4 Å². The number of ether oxygens (including phenoxy) is 1. The minimum absolute atomic E-state index is 0.0962. The Labute approximate surface area is 220 Å². The Morgan fingerprint density at radius 2 is 1.65 bits per heavy atom. The van der Waals surface area contributed by atoms with Crippen LogP contribution in [-0.2, 0) is 14.3 Å². The van der Waals surface area contributed by atoms with E-state index >= 15 is 0 Å². The molecule has 188 valence electrons. The van der Waals surface area contributed by atoms with Crippen molar-refractivity contribution in [1.29, 1.82) is 0 Å². The number of methoxy groups -OCH3 is 1. The van der Waals surface area contributed by atoms with E-state index in [2.05, 4.69) is 15.3 Å². The highest BCUT2D eigenvalue weighted by atomic mass is 35.5. The van der Waals surface area contributed by atoms with E-state index in [4.69, 9.17) is 21.3 Å². The van der Waals surface area contributed by atoms with E-state index in [9.17, 15) is 9.59 Å². The first-order valence-corrected chi connectivity index (χ1v) is 12.7. The minimum atomic E-state index is -0.599. The van der Waals surface area contributed by atoms with Crippen molar-refractivity contribution < 1.29 is 14.3 Å². The van der Waals surface area contributed by atoms with Crippen LogP contribution in [0.15, 0.2) is 73.1 Å². The predicted octanol–water partition coefficient (Wildman–Crippen LogP) is 5.53. The summed E-state index contributed by atoms with van der Waals surface area (Å²) in [5.74, 6) is -0.658. The van der Waals surface area contributed by atoms with Crippen molar-refractivity contribution in [2.45, 2.75) is 31.7 Å². The van der Waals surface area contributed by atoms with E-state index in [1.807, 2.05) is 60.7 Å². The number of fused-ring (bicyclic) bond motifs is 1. The van der Waals surface area contributed by atoms with Gasteiger partial charge in [-0.25, -0.2) is 9.97 Å². The molecule has 4 aromatic rings. The van der Waals surface area contributed by atoms with Crippen LogP contribution in [0.1, 0.15) is 43.0 Å². The molecule has 8 heteroatoms. The monoisotopic (exact) mass is 514 g/mol. The van der Waals surface area contributed by atoms with Crippen molar-refractivity contribution >= 4 is 34.4 Å². The number of nitrogens with one attached hydrogen (secondary N) is 1. The summed E-state index contributed by atoms with van der Waals surface area (Å²) in [7, 11) is 1.40. The second-order valence-electron chi connectivity index (χ2n) is 9.26. The van der Waals surface area contributed by atoms with Crippen molar-refractivity contribution in [3.8, 4) is 11.3 Å². The average Bonchev–Trinajstić information content (AvgIpc) is 2.96. The van der Waals surface area contributed by atoms with Gasteiger partial charge in [0, 0.05) is 29.3 Å². The fourth-order valence-corrected chi connectivity index (χ4v) is 5.15. The number of carbonyl (C=O) groups excluding carboxylic acids is 2. The van der Waals surface area contributed by atoms with Gasteiger partial charge in [0.25, 0.3) is 0 Å². The van der Waals surface area contributed by atoms with Gasteiger partial charge < -0.3 is 10.1 Å². The summed E-state index contributed by atoms with van der Waals surface area (Å²) in [5, 5.41) is 4.38. The van der Waals surface area contributed by atoms with Crippen LogP contribution in [0.4, 0.5) is 0 Å². The third-order valence-electron chi connectivity index (χ3n) is 6.99. The van der Waals surface area contributed by atoms with Gasteiger partial charge in [0.1, 0.15) is 5.69 Å². The Hall–Kier alpha value is -3.84. The average molecular weight is 515 g/mol. The van der Waals surface area contributed by atoms with Gasteiger partial charge in [-0.2, -0.15) is 0 Å². The van der Waals surface area contributed by atoms with Gasteiger partial charge in [0.05, 0.1) is 30.3 Å². The van der Waals surface area contributed by atoms with Gasteiger partial charge in [-0.15, -0.1) is 0 Å². The summed E-state index contributed by atoms with van der Waals surface area (Å²) in [6, 6.07) is 19.3. The van der Waals surface area contributed by atoms with Crippen LogP contribution in [0.2, 0.25) is 5.15 Å². The number of benzene rings is 2. The number of hydrogen-bond acceptors (Lipinski definition) is 6. The van der Waals surface area contributed by atoms with Crippen LogP contribution < -0.4 is 5.32 Å². The van der Waals surface area contributed by atoms with E-state index in [1.165, 1.54) is 13.3 Å². The topological polar surface area (TPSA) is 94.1 Å². The second kappa shape index (κ2) is 11.0. The molecule has 0 radical (unpaired) electrons. The molecule has 7 nitrogen and oxygen atoms in total. The van der Waals surface area contributed by atoms with Crippen molar-refractivity contribution in [1.82, 2.24) is 20.3 Å². The molecule has 1 atom stereocenters. The molecule has 5 rings (SSSR count). The molecule has 2 aromatic carbocycles. The first-order chi connectivity index (χ1) is 18.0. The standard InChI is InChI=1S/C29H27ClN4O3/c1-37-29(36)21-10-8-20(9-11-21)28(35)34-25(26-27(30)32-16-15-31-26)22-12-7-19-13-14-23(33-24(19)17-22)18-5-3-2-4-6-18/h2-7,12-17,20-21,25H,8-11H2,1H3,(H,34,35)/t20-,21-,25?. The summed E-state index contributed by atoms with van der Waals surface area (Å²) in [4.78, 5) is 38.8. The molecule has 0 aliphatic heterocycles. The maximum atomic E-state index is 13.4. The Balaban J connectivity index is 1.45. The van der Waals surface area contributed by atoms with Crippen molar-refractivity contribution in [3.05, 3.63) is 89.5 Å². The van der Waals surface area contributed by atoms with Gasteiger partial charge >= 0.3 is 5.97 Å². The summed E-state index contributed by atoms with van der Waals surface area (Å²) < 4.78 is 4.88. The molecule has 1 unspecified atom stereocenters. The van der Waals surface area contributed by atoms with Gasteiger partial charge in [-0.05, 0) is 43.4 Å². The normalized spacial score (nSPS) is 18.2. The second-order valence-corrected chi connectivity index (χ2v) is 9.62. The lowest BCUT2D eigenvalue weighted by molar-refractivity contribution is -0.147. The van der Waals surface area contributed by atoms with Crippen molar-refractivity contribution in [3.63, 3.8) is 0 Å². The zero-order valence-corrected chi connectivity index (χ0v) is 21.2. The lowest BCUT2D eigenvalue weighted by atomic mass is 9.81. The fourth-order valence-electron chi connectivity index (χ4n) is 4.94. The summed E-state index contributed by atoms with van der Waals surface area (Å²) in [6.07, 6.45) is 5.58. The quantitative estimate of drug-likeness (QED) is 0.340. The highest BCUT2D eigenvalue weighted by Gasteiger charge is 2.32. The maximum absolute atomic E-state index is 13.4. The molecule has 1 fully saturated rings. The highest BCUT2D eigenvalue weighted by Crippen LogP contribution is 2.32. The van der Waals surface area contributed by atoms with Crippen LogP contribution in [0.3, 0.4) is 0 Å². The van der Waals surface area contributed by atoms with Crippen LogP contribution in [-0.4, -0.2) is 33.9 Å². The summed E-state index contributed by atoms with van der Waals surface area (Å²) >= 11 is 6.44. The molecule has 37 heavy (non-hydrogen) atoms. The molecule has 0 bridgehead atoms. The SMILES string of the molecule is COC(=O)[C@H]1CC[C@H](C(=O)NC(c2ccc3ccc(-c4ccccc4)nc3c2)c2nccnc2Cl)CC1. The van der Waals surface area contributed by atoms with E-state index in [-0.39, 0.29) is 28.9 Å². The predicted molar refractivity (Wildman–Crippen MR) is 142 cm³/mol. The molecule has 1 N–H and O–H groups in total. The lowest BCUT2D eigenvalue weighted by Crippen LogP contribution is -2.37. The van der Waals surface area contributed by atoms with Crippen molar-refractivity contribution in [2.75, 3.05) is 7.11 Å². The lowest BCUT2D eigenvalue weighted by Gasteiger charge is -2.28. The Morgan fingerprint density at radius 3 is 2.38 bits per heavy atom. The largest absolute Gasteiger partial charge is 0.469 e. The zero-order chi connectivity index (χ0) is 25.8. The van der Waals surface area contributed by atoms with E-state index < -0.39 is 6.04 Å². The van der Waals surface area contributed by atoms with Crippen molar-refractivity contribution in [2.24, 2.45) is 11.8 Å². The van der Waals surface area contributed by atoms with Crippen LogP contribution in [0.5, 0.6) is 0 Å². The Morgan fingerprint density at radius 1 is 0.946 bits per heavy atom. The molecule has 0 spiro atoms. The molecular weight excluding hydrogens is 488 g/mol. The molecule has 2 aromatic heterocycles. The van der Waals surface area contributed by atoms with E-state index in [1.54, 1.807) is 6.20 Å². The van der Waals surface area contributed by atoms with Gasteiger partial charge in [-0.3, -0.25) is 14.6 Å². The van der Waals surface area contributed by atoms with E-state index in [0.717, 1.165) is 27.7 Å². The first kappa shape index (κ1) is 24.8. The van der Waals surface area contributed by atoms with Gasteiger partial charge in [-0.1, -0.05) is 60.1 Å². The molecule has 1 aliphatic carbocycles. The number of rotatable bonds is 6. The third kappa shape index (κ3) is 5.47. The number of aromatic nitrogens is 3. The third-order valence-corrected chi connectivity index (χ3v) is 7.28. The van der Waals surface area contributed by atoms with Crippen LogP contribution in [0.25, 0.3) is 22.2 Å². The fraction of sp³-hybridized carbons (Fsp3) is 0.276. The van der Waals surface area contributed by atoms with Gasteiger partial charge in [0.15, 0.2) is 5.15 Å².